The first kappa shape index (κ1) is 21.3. The van der Waals surface area contributed by atoms with Gasteiger partial charge in [-0.25, -0.2) is 0 Å². The van der Waals surface area contributed by atoms with E-state index in [4.69, 9.17) is 0 Å². The fraction of sp³-hybridized carbons (Fsp3) is 0.412. The molecule has 2 heterocycles. The van der Waals surface area contributed by atoms with Crippen LogP contribution in [0.15, 0.2) is 30.5 Å². The highest BCUT2D eigenvalue weighted by Gasteiger charge is 2.41. The van der Waals surface area contributed by atoms with Gasteiger partial charge in [0.1, 0.15) is 6.04 Å². The summed E-state index contributed by atoms with van der Waals surface area (Å²) in [5, 5.41) is 6.48. The molecule has 8 nitrogen and oxygen atoms in total. The monoisotopic (exact) mass is 431 g/mol. The van der Waals surface area contributed by atoms with Gasteiger partial charge in [0.05, 0.1) is 17.8 Å². The van der Waals surface area contributed by atoms with Crippen molar-refractivity contribution >= 4 is 21.8 Å². The average Bonchev–Trinajstić information content (AvgIpc) is 2.95. The van der Waals surface area contributed by atoms with Crippen LogP contribution in [-0.4, -0.2) is 41.5 Å². The molecule has 3 rings (SSSR count). The van der Waals surface area contributed by atoms with Crippen molar-refractivity contribution < 1.29 is 26.4 Å². The van der Waals surface area contributed by atoms with E-state index in [2.05, 4.69) is 15.1 Å². The molecule has 0 bridgehead atoms. The molecule has 0 spiro atoms. The van der Waals surface area contributed by atoms with E-state index in [1.165, 1.54) is 25.4 Å². The van der Waals surface area contributed by atoms with Crippen molar-refractivity contribution in [2.75, 3.05) is 12.4 Å². The number of likely N-dealkylation sites (N-methyl/N-ethyl adjacent to an activating group) is 1. The molecule has 158 valence electrons. The third-order valence-corrected chi connectivity index (χ3v) is 6.57. The van der Waals surface area contributed by atoms with Gasteiger partial charge in [0.15, 0.2) is 0 Å². The van der Waals surface area contributed by atoms with Crippen molar-refractivity contribution in [1.29, 1.82) is 0 Å². The van der Waals surface area contributed by atoms with Crippen LogP contribution >= 0.6 is 0 Å². The maximum atomic E-state index is 12.9. The minimum atomic E-state index is -4.56. The Hall–Kier alpha value is -2.44. The fourth-order valence-electron chi connectivity index (χ4n) is 3.17. The Bertz CT molecular complexity index is 1040. The summed E-state index contributed by atoms with van der Waals surface area (Å²) in [4.78, 5) is 12.7. The van der Waals surface area contributed by atoms with E-state index < -0.39 is 39.9 Å². The molecule has 0 saturated carbocycles. The highest BCUT2D eigenvalue weighted by molar-refractivity contribution is 7.87. The number of rotatable bonds is 3. The molecule has 0 radical (unpaired) electrons. The number of halogens is 3. The van der Waals surface area contributed by atoms with Crippen molar-refractivity contribution in [2.45, 2.75) is 31.6 Å². The van der Waals surface area contributed by atoms with Gasteiger partial charge >= 0.3 is 6.18 Å². The first-order valence-corrected chi connectivity index (χ1v) is 10.1. The molecule has 0 unspecified atom stereocenters. The van der Waals surface area contributed by atoms with Gasteiger partial charge in [-0.3, -0.25) is 9.48 Å². The Labute approximate surface area is 165 Å². The number of anilines is 1. The first-order chi connectivity index (χ1) is 13.4. The highest BCUT2D eigenvalue weighted by Crippen LogP contribution is 2.32. The van der Waals surface area contributed by atoms with Crippen molar-refractivity contribution in [1.82, 2.24) is 18.8 Å². The van der Waals surface area contributed by atoms with Gasteiger partial charge in [-0.2, -0.15) is 35.7 Å². The molecule has 2 N–H and O–H groups in total. The van der Waals surface area contributed by atoms with Gasteiger partial charge in [0.25, 0.3) is 10.2 Å². The Morgan fingerprint density at radius 2 is 2.00 bits per heavy atom. The van der Waals surface area contributed by atoms with Crippen molar-refractivity contribution in [3.05, 3.63) is 47.3 Å². The molecule has 1 aliphatic rings. The Morgan fingerprint density at radius 3 is 2.59 bits per heavy atom. The number of benzene rings is 1. The van der Waals surface area contributed by atoms with Crippen molar-refractivity contribution in [3.8, 4) is 0 Å². The van der Waals surface area contributed by atoms with Crippen molar-refractivity contribution in [3.63, 3.8) is 0 Å². The number of carbonyl (C=O) groups excluding carboxylic acids is 1. The number of nitrogens with zero attached hydrogens (tertiary/aromatic N) is 3. The summed E-state index contributed by atoms with van der Waals surface area (Å²) in [7, 11) is -1.03. The number of nitrogens with one attached hydrogen (secondary N) is 2. The molecule has 2 aromatic rings. The number of aromatic nitrogens is 2. The summed E-state index contributed by atoms with van der Waals surface area (Å²) in [6.45, 7) is 1.77. The summed E-state index contributed by atoms with van der Waals surface area (Å²) >= 11 is 0. The maximum Gasteiger partial charge on any atom is 0.416 e. The second-order valence-electron chi connectivity index (χ2n) is 6.82. The second kappa shape index (κ2) is 7.43. The Balaban J connectivity index is 1.86. The fourth-order valence-corrected chi connectivity index (χ4v) is 4.44. The Kier molecular flexibility index (Phi) is 5.45. The number of hydrogen-bond acceptors (Lipinski definition) is 4. The molecule has 1 aromatic carbocycles. The number of amides is 1. The number of aryl methyl sites for hydroxylation is 1. The predicted molar refractivity (Wildman–Crippen MR) is 99.0 cm³/mol. The van der Waals surface area contributed by atoms with E-state index >= 15 is 0 Å². The van der Waals surface area contributed by atoms with E-state index in [9.17, 15) is 26.4 Å². The topological polar surface area (TPSA) is 96.3 Å². The van der Waals surface area contributed by atoms with Gasteiger partial charge < -0.3 is 5.32 Å². The lowest BCUT2D eigenvalue weighted by Crippen LogP contribution is -2.56. The second-order valence-corrected chi connectivity index (χ2v) is 8.58. The van der Waals surface area contributed by atoms with Crippen LogP contribution in [0.3, 0.4) is 0 Å². The molecule has 1 fully saturated rings. The minimum Gasteiger partial charge on any atom is -0.325 e. The van der Waals surface area contributed by atoms with Crippen LogP contribution in [-0.2, 0) is 28.2 Å². The zero-order valence-electron chi connectivity index (χ0n) is 15.9. The minimum absolute atomic E-state index is 0.0664. The van der Waals surface area contributed by atoms with Crippen LogP contribution in [0, 0.1) is 6.92 Å². The molecule has 0 aliphatic carbocycles. The van der Waals surface area contributed by atoms with E-state index in [-0.39, 0.29) is 12.1 Å². The molecule has 1 aromatic heterocycles. The molecular formula is C17H20F3N5O3S. The molecular weight excluding hydrogens is 411 g/mol. The standard InChI is InChI=1S/C17H20F3N5O3S/c1-10-13(9-21-24(10)2)14-8-15(25(3)29(27,28)23-14)16(26)22-12-6-4-5-11(7-12)17(18,19)20/h4-7,9,14-15,23H,8H2,1-3H3,(H,22,26)/t14-,15-/m1/s1. The van der Waals surface area contributed by atoms with Crippen LogP contribution in [0.25, 0.3) is 0 Å². The largest absolute Gasteiger partial charge is 0.416 e. The smallest absolute Gasteiger partial charge is 0.325 e. The van der Waals surface area contributed by atoms with E-state index in [1.807, 2.05) is 0 Å². The van der Waals surface area contributed by atoms with E-state index in [0.717, 1.165) is 22.1 Å². The molecule has 1 aliphatic heterocycles. The van der Waals surface area contributed by atoms with Gasteiger partial charge in [0, 0.05) is 31.0 Å². The number of alkyl halides is 3. The van der Waals surface area contributed by atoms with Gasteiger partial charge in [-0.15, -0.1) is 0 Å². The average molecular weight is 431 g/mol. The SMILES string of the molecule is Cc1c([C@H]2C[C@H](C(=O)Nc3cccc(C(F)(F)F)c3)N(C)S(=O)(=O)N2)cnn1C. The van der Waals surface area contributed by atoms with Crippen LogP contribution in [0.4, 0.5) is 18.9 Å². The van der Waals surface area contributed by atoms with Gasteiger partial charge in [-0.05, 0) is 31.5 Å². The third kappa shape index (κ3) is 4.28. The van der Waals surface area contributed by atoms with Gasteiger partial charge in [0.2, 0.25) is 5.91 Å². The van der Waals surface area contributed by atoms with Crippen LogP contribution < -0.4 is 10.0 Å². The summed E-state index contributed by atoms with van der Waals surface area (Å²) in [6.07, 6.45) is -2.94. The summed E-state index contributed by atoms with van der Waals surface area (Å²) < 4.78 is 68.6. The summed E-state index contributed by atoms with van der Waals surface area (Å²) in [6, 6.07) is 2.37. The first-order valence-electron chi connectivity index (χ1n) is 8.62. The zero-order valence-corrected chi connectivity index (χ0v) is 16.7. The highest BCUT2D eigenvalue weighted by atomic mass is 32.2. The molecule has 2 atom stereocenters. The lowest BCUT2D eigenvalue weighted by atomic mass is 10.00. The third-order valence-electron chi connectivity index (χ3n) is 4.98. The zero-order chi connectivity index (χ0) is 21.6. The van der Waals surface area contributed by atoms with E-state index in [1.54, 1.807) is 18.7 Å². The number of carbonyl (C=O) groups is 1. The quantitative estimate of drug-likeness (QED) is 0.777. The van der Waals surface area contributed by atoms with E-state index in [0.29, 0.717) is 5.56 Å². The molecule has 29 heavy (non-hydrogen) atoms. The predicted octanol–water partition coefficient (Wildman–Crippen LogP) is 1.97. The van der Waals surface area contributed by atoms with Crippen LogP contribution in [0.5, 0.6) is 0 Å². The molecule has 1 amide bonds. The number of hydrogen-bond donors (Lipinski definition) is 2. The lowest BCUT2D eigenvalue weighted by molar-refractivity contribution is -0.137. The van der Waals surface area contributed by atoms with Crippen LogP contribution in [0.1, 0.15) is 29.3 Å². The lowest BCUT2D eigenvalue weighted by Gasteiger charge is -2.36. The normalized spacial score (nSPS) is 22.4. The Morgan fingerprint density at radius 1 is 1.31 bits per heavy atom. The van der Waals surface area contributed by atoms with Crippen LogP contribution in [0.2, 0.25) is 0 Å². The molecule has 1 saturated heterocycles. The maximum absolute atomic E-state index is 12.9. The van der Waals surface area contributed by atoms with Gasteiger partial charge in [-0.1, -0.05) is 6.07 Å². The summed E-state index contributed by atoms with van der Waals surface area (Å²) in [5.74, 6) is -0.719. The van der Waals surface area contributed by atoms with Crippen molar-refractivity contribution in [2.24, 2.45) is 7.05 Å². The molecule has 12 heteroatoms. The summed E-state index contributed by atoms with van der Waals surface area (Å²) in [5.41, 5.74) is 0.383.